The van der Waals surface area contributed by atoms with Crippen molar-refractivity contribution in [2.75, 3.05) is 13.7 Å². The van der Waals surface area contributed by atoms with Gasteiger partial charge in [-0.15, -0.1) is 0 Å². The molecule has 0 aromatic heterocycles. The molecule has 4 nitrogen and oxygen atoms in total. The smallest absolute Gasteiger partial charge is 0.254 e. The minimum absolute atomic E-state index is 0.333. The van der Waals surface area contributed by atoms with Crippen LogP contribution in [0.15, 0.2) is 36.4 Å². The zero-order valence-corrected chi connectivity index (χ0v) is 15.3. The van der Waals surface area contributed by atoms with Gasteiger partial charge in [0.15, 0.2) is 11.5 Å². The van der Waals surface area contributed by atoms with Gasteiger partial charge in [-0.3, -0.25) is 4.79 Å². The summed E-state index contributed by atoms with van der Waals surface area (Å²) in [6.45, 7) is 6.40. The first-order valence-electron chi connectivity index (χ1n) is 8.38. The SMILES string of the molecule is COc1cc(C(C)NC(=O)c2cc(F)ccc2F)ccc1OCC(C)C. The zero-order valence-electron chi connectivity index (χ0n) is 15.3. The number of amides is 1. The van der Waals surface area contributed by atoms with Gasteiger partial charge < -0.3 is 14.8 Å². The summed E-state index contributed by atoms with van der Waals surface area (Å²) in [6, 6.07) is 7.66. The van der Waals surface area contributed by atoms with Crippen molar-refractivity contribution in [1.82, 2.24) is 5.32 Å². The Hall–Kier alpha value is -2.63. The molecule has 0 radical (unpaired) electrons. The van der Waals surface area contributed by atoms with Crippen LogP contribution in [0.2, 0.25) is 0 Å². The monoisotopic (exact) mass is 363 g/mol. The summed E-state index contributed by atoms with van der Waals surface area (Å²) in [4.78, 5) is 12.2. The van der Waals surface area contributed by atoms with Crippen molar-refractivity contribution in [3.8, 4) is 11.5 Å². The highest BCUT2D eigenvalue weighted by molar-refractivity contribution is 5.94. The molecule has 2 rings (SSSR count). The molecule has 140 valence electrons. The first kappa shape index (κ1) is 19.7. The summed E-state index contributed by atoms with van der Waals surface area (Å²) in [7, 11) is 1.53. The fourth-order valence-electron chi connectivity index (χ4n) is 2.36. The average molecular weight is 363 g/mol. The second-order valence-electron chi connectivity index (χ2n) is 6.43. The summed E-state index contributed by atoms with van der Waals surface area (Å²) < 4.78 is 38.0. The second kappa shape index (κ2) is 8.65. The second-order valence-corrected chi connectivity index (χ2v) is 6.43. The molecule has 2 aromatic rings. The Morgan fingerprint density at radius 2 is 1.81 bits per heavy atom. The van der Waals surface area contributed by atoms with Gasteiger partial charge >= 0.3 is 0 Å². The predicted molar refractivity (Wildman–Crippen MR) is 95.6 cm³/mol. The average Bonchev–Trinajstić information content (AvgIpc) is 2.61. The zero-order chi connectivity index (χ0) is 19.3. The maximum Gasteiger partial charge on any atom is 0.254 e. The largest absolute Gasteiger partial charge is 0.493 e. The van der Waals surface area contributed by atoms with E-state index in [-0.39, 0.29) is 5.56 Å². The van der Waals surface area contributed by atoms with Gasteiger partial charge in [0.1, 0.15) is 11.6 Å². The van der Waals surface area contributed by atoms with Crippen molar-refractivity contribution in [1.29, 1.82) is 0 Å². The van der Waals surface area contributed by atoms with Gasteiger partial charge in [0, 0.05) is 0 Å². The molecule has 0 saturated carbocycles. The molecule has 1 unspecified atom stereocenters. The highest BCUT2D eigenvalue weighted by Crippen LogP contribution is 2.30. The maximum atomic E-state index is 13.7. The van der Waals surface area contributed by atoms with Crippen LogP contribution < -0.4 is 14.8 Å². The fourth-order valence-corrected chi connectivity index (χ4v) is 2.36. The molecule has 0 spiro atoms. The molecule has 1 atom stereocenters. The van der Waals surface area contributed by atoms with Gasteiger partial charge in [0.05, 0.1) is 25.3 Å². The van der Waals surface area contributed by atoms with E-state index in [1.165, 1.54) is 7.11 Å². The Labute approximate surface area is 152 Å². The van der Waals surface area contributed by atoms with Crippen LogP contribution in [0.4, 0.5) is 8.78 Å². The van der Waals surface area contributed by atoms with Crippen molar-refractivity contribution in [3.05, 3.63) is 59.2 Å². The van der Waals surface area contributed by atoms with E-state index in [0.29, 0.717) is 24.0 Å². The van der Waals surface area contributed by atoms with Gasteiger partial charge in [-0.25, -0.2) is 8.78 Å². The van der Waals surface area contributed by atoms with Gasteiger partial charge in [0.2, 0.25) is 0 Å². The van der Waals surface area contributed by atoms with Crippen molar-refractivity contribution < 1.29 is 23.0 Å². The molecule has 1 N–H and O–H groups in total. The lowest BCUT2D eigenvalue weighted by molar-refractivity contribution is 0.0935. The third-order valence-electron chi connectivity index (χ3n) is 3.78. The lowest BCUT2D eigenvalue weighted by Gasteiger charge is -2.18. The number of methoxy groups -OCH3 is 1. The van der Waals surface area contributed by atoms with Crippen LogP contribution in [-0.4, -0.2) is 19.6 Å². The molecule has 0 aliphatic heterocycles. The summed E-state index contributed by atoms with van der Waals surface area (Å²) in [5.41, 5.74) is 0.421. The molecule has 26 heavy (non-hydrogen) atoms. The maximum absolute atomic E-state index is 13.7. The molecule has 0 heterocycles. The Kier molecular flexibility index (Phi) is 6.55. The Balaban J connectivity index is 2.14. The van der Waals surface area contributed by atoms with E-state index in [9.17, 15) is 13.6 Å². The summed E-state index contributed by atoms with van der Waals surface area (Å²) in [5.74, 6) is -0.600. The molecule has 0 aliphatic carbocycles. The van der Waals surface area contributed by atoms with E-state index < -0.39 is 23.6 Å². The normalized spacial score (nSPS) is 12.0. The number of nitrogens with one attached hydrogen (secondary N) is 1. The summed E-state index contributed by atoms with van der Waals surface area (Å²) in [5, 5.41) is 2.66. The number of halogens is 2. The van der Waals surface area contributed by atoms with Crippen molar-refractivity contribution in [2.24, 2.45) is 5.92 Å². The van der Waals surface area contributed by atoms with Crippen molar-refractivity contribution >= 4 is 5.91 Å². The van der Waals surface area contributed by atoms with Crippen LogP contribution in [0, 0.1) is 17.6 Å². The quantitative estimate of drug-likeness (QED) is 0.788. The number of carbonyl (C=O) groups excluding carboxylic acids is 1. The standard InChI is InChI=1S/C20H23F2NO3/c1-12(2)11-26-18-8-5-14(9-19(18)25-4)13(3)23-20(24)16-10-15(21)6-7-17(16)22/h5-10,12-13H,11H2,1-4H3,(H,23,24). The Bertz CT molecular complexity index is 778. The van der Waals surface area contributed by atoms with Gasteiger partial charge in [-0.05, 0) is 48.7 Å². The number of rotatable bonds is 7. The van der Waals surface area contributed by atoms with Crippen LogP contribution in [0.25, 0.3) is 0 Å². The molecular weight excluding hydrogens is 340 g/mol. The van der Waals surface area contributed by atoms with E-state index in [1.54, 1.807) is 25.1 Å². The molecule has 0 aliphatic rings. The summed E-state index contributed by atoms with van der Waals surface area (Å²) in [6.07, 6.45) is 0. The molecule has 0 fully saturated rings. The van der Waals surface area contributed by atoms with Gasteiger partial charge in [-0.2, -0.15) is 0 Å². The van der Waals surface area contributed by atoms with Crippen LogP contribution >= 0.6 is 0 Å². The molecule has 2 aromatic carbocycles. The molecule has 6 heteroatoms. The number of hydrogen-bond acceptors (Lipinski definition) is 3. The van der Waals surface area contributed by atoms with Crippen LogP contribution in [0.1, 0.15) is 42.7 Å². The molecular formula is C20H23F2NO3. The molecule has 0 bridgehead atoms. The minimum atomic E-state index is -0.772. The number of carbonyl (C=O) groups is 1. The number of hydrogen-bond donors (Lipinski definition) is 1. The lowest BCUT2D eigenvalue weighted by atomic mass is 10.1. The summed E-state index contributed by atoms with van der Waals surface area (Å²) >= 11 is 0. The fraction of sp³-hybridized carbons (Fsp3) is 0.350. The van der Waals surface area contributed by atoms with Crippen LogP contribution in [0.5, 0.6) is 11.5 Å². The number of ether oxygens (including phenoxy) is 2. The van der Waals surface area contributed by atoms with Crippen molar-refractivity contribution in [3.63, 3.8) is 0 Å². The highest BCUT2D eigenvalue weighted by atomic mass is 19.1. The van der Waals surface area contributed by atoms with Gasteiger partial charge in [-0.1, -0.05) is 19.9 Å². The van der Waals surface area contributed by atoms with E-state index >= 15 is 0 Å². The highest BCUT2D eigenvalue weighted by Gasteiger charge is 2.17. The van der Waals surface area contributed by atoms with E-state index in [0.717, 1.165) is 23.8 Å². The minimum Gasteiger partial charge on any atom is -0.493 e. The van der Waals surface area contributed by atoms with Crippen molar-refractivity contribution in [2.45, 2.75) is 26.8 Å². The first-order chi connectivity index (χ1) is 12.3. The Morgan fingerprint density at radius 1 is 1.08 bits per heavy atom. The Morgan fingerprint density at radius 3 is 2.46 bits per heavy atom. The predicted octanol–water partition coefficient (Wildman–Crippen LogP) is 4.50. The van der Waals surface area contributed by atoms with E-state index in [2.05, 4.69) is 5.32 Å². The molecule has 1 amide bonds. The number of benzene rings is 2. The third-order valence-corrected chi connectivity index (χ3v) is 3.78. The topological polar surface area (TPSA) is 47.6 Å². The third kappa shape index (κ3) is 4.94. The van der Waals surface area contributed by atoms with Gasteiger partial charge in [0.25, 0.3) is 5.91 Å². The lowest BCUT2D eigenvalue weighted by Crippen LogP contribution is -2.27. The van der Waals surface area contributed by atoms with E-state index in [4.69, 9.17) is 9.47 Å². The van der Waals surface area contributed by atoms with Crippen LogP contribution in [-0.2, 0) is 0 Å². The first-order valence-corrected chi connectivity index (χ1v) is 8.38. The van der Waals surface area contributed by atoms with Crippen LogP contribution in [0.3, 0.4) is 0 Å². The molecule has 0 saturated heterocycles. The van der Waals surface area contributed by atoms with E-state index in [1.807, 2.05) is 13.8 Å².